The number of nitrogens with zero attached hydrogens (tertiary/aromatic N) is 1. The van der Waals surface area contributed by atoms with Gasteiger partial charge in [-0.1, -0.05) is 6.07 Å². The van der Waals surface area contributed by atoms with E-state index in [1.807, 2.05) is 13.8 Å². The molecule has 0 radical (unpaired) electrons. The van der Waals surface area contributed by atoms with Gasteiger partial charge in [0.1, 0.15) is 5.60 Å². The standard InChI is InChI=1S/C22H32N4O5/c1-14(2)26-13-15(11-19(26)28)20(29)25-17-8-6-7-16(12-17)24-18(27)9-10-23-21(30)31-22(3,4)5/h6-8,12,14-15H,9-11,13H2,1-5H3,(H,23,30)(H,24,27)(H,25,29). The van der Waals surface area contributed by atoms with Crippen LogP contribution in [0.15, 0.2) is 24.3 Å². The summed E-state index contributed by atoms with van der Waals surface area (Å²) in [6.07, 6.45) is -0.303. The van der Waals surface area contributed by atoms with Crippen molar-refractivity contribution < 1.29 is 23.9 Å². The number of rotatable bonds is 7. The van der Waals surface area contributed by atoms with Gasteiger partial charge in [-0.3, -0.25) is 14.4 Å². The van der Waals surface area contributed by atoms with Crippen LogP contribution in [-0.2, 0) is 19.1 Å². The van der Waals surface area contributed by atoms with E-state index in [1.165, 1.54) is 0 Å². The van der Waals surface area contributed by atoms with Gasteiger partial charge in [0.25, 0.3) is 0 Å². The van der Waals surface area contributed by atoms with Crippen LogP contribution >= 0.6 is 0 Å². The molecular formula is C22H32N4O5. The Morgan fingerprint density at radius 1 is 1.16 bits per heavy atom. The molecule has 4 amide bonds. The van der Waals surface area contributed by atoms with Crippen molar-refractivity contribution in [1.82, 2.24) is 10.2 Å². The predicted molar refractivity (Wildman–Crippen MR) is 118 cm³/mol. The van der Waals surface area contributed by atoms with Crippen LogP contribution in [0.4, 0.5) is 16.2 Å². The van der Waals surface area contributed by atoms with Crippen molar-refractivity contribution in [2.24, 2.45) is 5.92 Å². The SMILES string of the molecule is CC(C)N1CC(C(=O)Nc2cccc(NC(=O)CCNC(=O)OC(C)(C)C)c2)CC1=O. The molecule has 0 aromatic heterocycles. The fraction of sp³-hybridized carbons (Fsp3) is 0.545. The van der Waals surface area contributed by atoms with Gasteiger partial charge in [-0.2, -0.15) is 0 Å². The molecule has 0 saturated carbocycles. The highest BCUT2D eigenvalue weighted by molar-refractivity contribution is 5.98. The molecule has 3 N–H and O–H groups in total. The topological polar surface area (TPSA) is 117 Å². The molecule has 0 bridgehead atoms. The second-order valence-electron chi connectivity index (χ2n) is 8.84. The molecule has 9 nitrogen and oxygen atoms in total. The van der Waals surface area contributed by atoms with E-state index in [2.05, 4.69) is 16.0 Å². The van der Waals surface area contributed by atoms with E-state index >= 15 is 0 Å². The van der Waals surface area contributed by atoms with Gasteiger partial charge in [0.2, 0.25) is 17.7 Å². The first-order chi connectivity index (χ1) is 14.4. The molecule has 0 aliphatic carbocycles. The van der Waals surface area contributed by atoms with Crippen molar-refractivity contribution in [1.29, 1.82) is 0 Å². The number of carbonyl (C=O) groups excluding carboxylic acids is 4. The quantitative estimate of drug-likeness (QED) is 0.612. The number of alkyl carbamates (subject to hydrolysis) is 1. The van der Waals surface area contributed by atoms with Gasteiger partial charge in [-0.25, -0.2) is 4.79 Å². The lowest BCUT2D eigenvalue weighted by molar-refractivity contribution is -0.129. The largest absolute Gasteiger partial charge is 0.444 e. The smallest absolute Gasteiger partial charge is 0.407 e. The Balaban J connectivity index is 1.82. The van der Waals surface area contributed by atoms with Crippen LogP contribution in [0.3, 0.4) is 0 Å². The highest BCUT2D eigenvalue weighted by Gasteiger charge is 2.35. The van der Waals surface area contributed by atoms with E-state index in [9.17, 15) is 19.2 Å². The maximum atomic E-state index is 12.5. The van der Waals surface area contributed by atoms with Gasteiger partial charge in [-0.15, -0.1) is 0 Å². The molecule has 170 valence electrons. The minimum Gasteiger partial charge on any atom is -0.444 e. The number of nitrogens with one attached hydrogen (secondary N) is 3. The Kier molecular flexibility index (Phi) is 8.01. The molecular weight excluding hydrogens is 400 g/mol. The average molecular weight is 433 g/mol. The normalized spacial score (nSPS) is 16.3. The van der Waals surface area contributed by atoms with Gasteiger partial charge in [-0.05, 0) is 52.8 Å². The third-order valence-electron chi connectivity index (χ3n) is 4.59. The summed E-state index contributed by atoms with van der Waals surface area (Å²) in [5.41, 5.74) is 0.451. The van der Waals surface area contributed by atoms with Gasteiger partial charge >= 0.3 is 6.09 Å². The fourth-order valence-electron chi connectivity index (χ4n) is 3.14. The van der Waals surface area contributed by atoms with Gasteiger partial charge < -0.3 is 25.6 Å². The monoisotopic (exact) mass is 432 g/mol. The molecule has 2 rings (SSSR count). The van der Waals surface area contributed by atoms with Crippen LogP contribution in [0.5, 0.6) is 0 Å². The highest BCUT2D eigenvalue weighted by atomic mass is 16.6. The summed E-state index contributed by atoms with van der Waals surface area (Å²) in [5, 5.41) is 8.08. The van der Waals surface area contributed by atoms with Crippen LogP contribution in [0.2, 0.25) is 0 Å². The molecule has 1 saturated heterocycles. The van der Waals surface area contributed by atoms with E-state index in [-0.39, 0.29) is 43.1 Å². The van der Waals surface area contributed by atoms with E-state index < -0.39 is 17.6 Å². The van der Waals surface area contributed by atoms with Gasteiger partial charge in [0, 0.05) is 43.3 Å². The van der Waals surface area contributed by atoms with Gasteiger partial charge in [0.05, 0.1) is 5.92 Å². The predicted octanol–water partition coefficient (Wildman–Crippen LogP) is 2.74. The fourth-order valence-corrected chi connectivity index (χ4v) is 3.14. The van der Waals surface area contributed by atoms with Crippen molar-refractivity contribution in [2.45, 2.75) is 59.1 Å². The third-order valence-corrected chi connectivity index (χ3v) is 4.59. The molecule has 31 heavy (non-hydrogen) atoms. The summed E-state index contributed by atoms with van der Waals surface area (Å²) in [6, 6.07) is 6.84. The van der Waals surface area contributed by atoms with Crippen LogP contribution in [0, 0.1) is 5.92 Å². The first-order valence-corrected chi connectivity index (χ1v) is 10.4. The van der Waals surface area contributed by atoms with Crippen LogP contribution < -0.4 is 16.0 Å². The average Bonchev–Trinajstić information content (AvgIpc) is 3.02. The molecule has 1 aromatic rings. The first-order valence-electron chi connectivity index (χ1n) is 10.4. The number of hydrogen-bond donors (Lipinski definition) is 3. The number of hydrogen-bond acceptors (Lipinski definition) is 5. The second kappa shape index (κ2) is 10.3. The lowest BCUT2D eigenvalue weighted by Crippen LogP contribution is -2.34. The van der Waals surface area contributed by atoms with Crippen LogP contribution in [0.1, 0.15) is 47.5 Å². The van der Waals surface area contributed by atoms with Gasteiger partial charge in [0.15, 0.2) is 0 Å². The summed E-state index contributed by atoms with van der Waals surface area (Å²) < 4.78 is 5.11. The third kappa shape index (κ3) is 7.92. The zero-order valence-corrected chi connectivity index (χ0v) is 18.8. The number of amides is 4. The number of likely N-dealkylation sites (tertiary alicyclic amines) is 1. The Morgan fingerprint density at radius 2 is 1.81 bits per heavy atom. The zero-order valence-electron chi connectivity index (χ0n) is 18.8. The second-order valence-corrected chi connectivity index (χ2v) is 8.84. The van der Waals surface area contributed by atoms with E-state index in [1.54, 1.807) is 49.9 Å². The minimum atomic E-state index is -0.601. The molecule has 1 aliphatic rings. The van der Waals surface area contributed by atoms with Crippen molar-refractivity contribution in [3.05, 3.63) is 24.3 Å². The molecule has 0 spiro atoms. The number of ether oxygens (including phenoxy) is 1. The maximum Gasteiger partial charge on any atom is 0.407 e. The Labute approximate surface area is 182 Å². The summed E-state index contributed by atoms with van der Waals surface area (Å²) in [6.45, 7) is 9.67. The Hall–Kier alpha value is -3.10. The van der Waals surface area contributed by atoms with Crippen molar-refractivity contribution in [2.75, 3.05) is 23.7 Å². The summed E-state index contributed by atoms with van der Waals surface area (Å²) >= 11 is 0. The molecule has 9 heteroatoms. The zero-order chi connectivity index (χ0) is 23.2. The molecule has 1 atom stereocenters. The molecule has 1 unspecified atom stereocenters. The van der Waals surface area contributed by atoms with Crippen molar-refractivity contribution in [3.63, 3.8) is 0 Å². The molecule has 1 aromatic carbocycles. The van der Waals surface area contributed by atoms with E-state index in [0.717, 1.165) is 0 Å². The summed E-state index contributed by atoms with van der Waals surface area (Å²) in [7, 11) is 0. The number of anilines is 2. The first kappa shape index (κ1) is 24.2. The van der Waals surface area contributed by atoms with Crippen LogP contribution in [-0.4, -0.2) is 53.4 Å². The van der Waals surface area contributed by atoms with Crippen molar-refractivity contribution >= 4 is 35.2 Å². The molecule has 1 heterocycles. The Bertz CT molecular complexity index is 831. The Morgan fingerprint density at radius 3 is 2.39 bits per heavy atom. The summed E-state index contributed by atoms with van der Waals surface area (Å²) in [4.78, 5) is 50.0. The highest BCUT2D eigenvalue weighted by Crippen LogP contribution is 2.23. The van der Waals surface area contributed by atoms with E-state index in [0.29, 0.717) is 17.9 Å². The lowest BCUT2D eigenvalue weighted by Gasteiger charge is -2.20. The number of carbonyl (C=O) groups is 4. The molecule has 1 aliphatic heterocycles. The molecule has 1 fully saturated rings. The van der Waals surface area contributed by atoms with E-state index in [4.69, 9.17) is 4.74 Å². The summed E-state index contributed by atoms with van der Waals surface area (Å²) in [5.74, 6) is -0.918. The van der Waals surface area contributed by atoms with Crippen molar-refractivity contribution in [3.8, 4) is 0 Å². The van der Waals surface area contributed by atoms with Crippen LogP contribution in [0.25, 0.3) is 0 Å². The number of benzene rings is 1. The lowest BCUT2D eigenvalue weighted by atomic mass is 10.1. The maximum absolute atomic E-state index is 12.5. The minimum absolute atomic E-state index is 0.0174.